The standard InChI is InChI=1S/C43H28N2O2/c1-3-11-31(12-4-1)43-44-41-35(16-10-20-40(41)47-43)29-21-25-33(26-22-29)45(32-13-5-2-6-14-32)34-27-23-30(24-28-34)36-17-9-18-38-37-15-7-8-19-39(37)46-42(36)38/h1-28H. The van der Waals surface area contributed by atoms with Gasteiger partial charge in [0.2, 0.25) is 5.89 Å². The van der Waals surface area contributed by atoms with Gasteiger partial charge in [-0.3, -0.25) is 0 Å². The number of anilines is 3. The second-order valence-corrected chi connectivity index (χ2v) is 11.6. The lowest BCUT2D eigenvalue weighted by Gasteiger charge is -2.26. The molecule has 47 heavy (non-hydrogen) atoms. The van der Waals surface area contributed by atoms with E-state index in [9.17, 15) is 0 Å². The highest BCUT2D eigenvalue weighted by Gasteiger charge is 2.17. The minimum absolute atomic E-state index is 0.625. The first kappa shape index (κ1) is 27.0. The lowest BCUT2D eigenvalue weighted by molar-refractivity contribution is 0.620. The fourth-order valence-corrected chi connectivity index (χ4v) is 6.46. The molecule has 2 aromatic heterocycles. The number of rotatable bonds is 6. The van der Waals surface area contributed by atoms with Gasteiger partial charge in [-0.25, -0.2) is 4.98 Å². The largest absolute Gasteiger partial charge is 0.455 e. The summed E-state index contributed by atoms with van der Waals surface area (Å²) < 4.78 is 12.5. The van der Waals surface area contributed by atoms with E-state index in [-0.39, 0.29) is 0 Å². The fourth-order valence-electron chi connectivity index (χ4n) is 6.46. The Hall–Kier alpha value is -6.39. The maximum atomic E-state index is 6.33. The second-order valence-electron chi connectivity index (χ2n) is 11.6. The minimum Gasteiger partial charge on any atom is -0.455 e. The van der Waals surface area contributed by atoms with Crippen LogP contribution in [0.25, 0.3) is 66.7 Å². The van der Waals surface area contributed by atoms with Crippen molar-refractivity contribution in [1.29, 1.82) is 0 Å². The van der Waals surface area contributed by atoms with Crippen molar-refractivity contribution in [2.45, 2.75) is 0 Å². The van der Waals surface area contributed by atoms with Gasteiger partial charge < -0.3 is 13.7 Å². The highest BCUT2D eigenvalue weighted by atomic mass is 16.3. The van der Waals surface area contributed by atoms with Crippen LogP contribution in [-0.2, 0) is 0 Å². The number of nitrogens with zero attached hydrogens (tertiary/aromatic N) is 2. The molecule has 2 heterocycles. The normalized spacial score (nSPS) is 11.4. The van der Waals surface area contributed by atoms with Gasteiger partial charge in [0, 0.05) is 44.5 Å². The molecule has 0 fully saturated rings. The topological polar surface area (TPSA) is 42.4 Å². The van der Waals surface area contributed by atoms with Crippen molar-refractivity contribution >= 4 is 50.1 Å². The number of para-hydroxylation sites is 4. The van der Waals surface area contributed by atoms with Gasteiger partial charge in [-0.2, -0.15) is 0 Å². The Balaban J connectivity index is 1.08. The van der Waals surface area contributed by atoms with Crippen molar-refractivity contribution in [3.05, 3.63) is 170 Å². The maximum Gasteiger partial charge on any atom is 0.227 e. The average molecular weight is 605 g/mol. The number of oxazole rings is 1. The van der Waals surface area contributed by atoms with E-state index >= 15 is 0 Å². The van der Waals surface area contributed by atoms with E-state index in [4.69, 9.17) is 13.8 Å². The number of hydrogen-bond donors (Lipinski definition) is 0. The highest BCUT2D eigenvalue weighted by molar-refractivity contribution is 6.09. The van der Waals surface area contributed by atoms with Gasteiger partial charge >= 0.3 is 0 Å². The summed E-state index contributed by atoms with van der Waals surface area (Å²) in [6.45, 7) is 0. The van der Waals surface area contributed by atoms with Gasteiger partial charge in [0.15, 0.2) is 5.58 Å². The molecule has 0 bridgehead atoms. The van der Waals surface area contributed by atoms with Crippen LogP contribution in [0.15, 0.2) is 179 Å². The third-order valence-electron chi connectivity index (χ3n) is 8.73. The lowest BCUT2D eigenvalue weighted by atomic mass is 10.0. The Morgan fingerprint density at radius 3 is 1.68 bits per heavy atom. The van der Waals surface area contributed by atoms with E-state index in [1.807, 2.05) is 60.7 Å². The number of hydrogen-bond acceptors (Lipinski definition) is 4. The van der Waals surface area contributed by atoms with E-state index in [0.717, 1.165) is 77.9 Å². The smallest absolute Gasteiger partial charge is 0.227 e. The van der Waals surface area contributed by atoms with E-state index in [2.05, 4.69) is 114 Å². The first-order valence-electron chi connectivity index (χ1n) is 15.7. The summed E-state index contributed by atoms with van der Waals surface area (Å²) >= 11 is 0. The lowest BCUT2D eigenvalue weighted by Crippen LogP contribution is -2.09. The molecule has 4 nitrogen and oxygen atoms in total. The first-order valence-corrected chi connectivity index (χ1v) is 15.7. The van der Waals surface area contributed by atoms with Gasteiger partial charge in [0.1, 0.15) is 16.7 Å². The van der Waals surface area contributed by atoms with Crippen LogP contribution in [-0.4, -0.2) is 4.98 Å². The van der Waals surface area contributed by atoms with Crippen molar-refractivity contribution < 1.29 is 8.83 Å². The number of furan rings is 1. The molecule has 0 aliphatic rings. The van der Waals surface area contributed by atoms with Gasteiger partial charge in [-0.15, -0.1) is 0 Å². The highest BCUT2D eigenvalue weighted by Crippen LogP contribution is 2.40. The molecule has 0 saturated heterocycles. The molecular weight excluding hydrogens is 576 g/mol. The van der Waals surface area contributed by atoms with Crippen LogP contribution in [0, 0.1) is 0 Å². The molecule has 4 heteroatoms. The summed E-state index contributed by atoms with van der Waals surface area (Å²) in [5.41, 5.74) is 11.9. The zero-order valence-corrected chi connectivity index (χ0v) is 25.4. The second kappa shape index (κ2) is 11.2. The van der Waals surface area contributed by atoms with E-state index < -0.39 is 0 Å². The van der Waals surface area contributed by atoms with Gasteiger partial charge in [0.05, 0.1) is 0 Å². The predicted molar refractivity (Wildman–Crippen MR) is 192 cm³/mol. The quantitative estimate of drug-likeness (QED) is 0.189. The van der Waals surface area contributed by atoms with E-state index in [1.165, 1.54) is 0 Å². The van der Waals surface area contributed by atoms with Crippen molar-refractivity contribution in [2.75, 3.05) is 4.90 Å². The molecule has 9 rings (SSSR count). The van der Waals surface area contributed by atoms with Crippen LogP contribution in [0.1, 0.15) is 0 Å². The molecule has 9 aromatic rings. The summed E-state index contributed by atoms with van der Waals surface area (Å²) in [5.74, 6) is 0.625. The molecule has 0 atom stereocenters. The van der Waals surface area contributed by atoms with Gasteiger partial charge in [0.25, 0.3) is 0 Å². The fraction of sp³-hybridized carbons (Fsp3) is 0. The maximum absolute atomic E-state index is 6.33. The van der Waals surface area contributed by atoms with Crippen molar-refractivity contribution in [3.63, 3.8) is 0 Å². The molecule has 0 amide bonds. The molecule has 0 unspecified atom stereocenters. The average Bonchev–Trinajstić information content (AvgIpc) is 3.76. The summed E-state index contributed by atoms with van der Waals surface area (Å²) in [5, 5.41) is 2.27. The molecule has 0 aliphatic carbocycles. The summed E-state index contributed by atoms with van der Waals surface area (Å²) in [7, 11) is 0. The summed E-state index contributed by atoms with van der Waals surface area (Å²) in [6, 6.07) is 58.5. The molecule has 0 radical (unpaired) electrons. The Kier molecular flexibility index (Phi) is 6.43. The van der Waals surface area contributed by atoms with Crippen molar-refractivity contribution in [3.8, 4) is 33.7 Å². The van der Waals surface area contributed by atoms with E-state index in [1.54, 1.807) is 0 Å². The monoisotopic (exact) mass is 604 g/mol. The Morgan fingerprint density at radius 1 is 0.383 bits per heavy atom. The zero-order valence-electron chi connectivity index (χ0n) is 25.4. The summed E-state index contributed by atoms with van der Waals surface area (Å²) in [4.78, 5) is 7.17. The van der Waals surface area contributed by atoms with Gasteiger partial charge in [-0.1, -0.05) is 109 Å². The van der Waals surface area contributed by atoms with Crippen LogP contribution >= 0.6 is 0 Å². The Morgan fingerprint density at radius 2 is 0.936 bits per heavy atom. The van der Waals surface area contributed by atoms with Crippen molar-refractivity contribution in [1.82, 2.24) is 4.98 Å². The number of benzene rings is 7. The van der Waals surface area contributed by atoms with Crippen LogP contribution in [0.5, 0.6) is 0 Å². The third-order valence-corrected chi connectivity index (χ3v) is 8.73. The van der Waals surface area contributed by atoms with Crippen LogP contribution in [0.3, 0.4) is 0 Å². The van der Waals surface area contributed by atoms with Crippen LogP contribution in [0.4, 0.5) is 17.1 Å². The third kappa shape index (κ3) is 4.75. The van der Waals surface area contributed by atoms with Crippen molar-refractivity contribution in [2.24, 2.45) is 0 Å². The van der Waals surface area contributed by atoms with Gasteiger partial charge in [-0.05, 0) is 71.8 Å². The predicted octanol–water partition coefficient (Wildman–Crippen LogP) is 12.2. The molecule has 7 aromatic carbocycles. The molecule has 222 valence electrons. The molecule has 0 N–H and O–H groups in total. The molecule has 0 aliphatic heterocycles. The molecular formula is C43H28N2O2. The summed E-state index contributed by atoms with van der Waals surface area (Å²) in [6.07, 6.45) is 0. The van der Waals surface area contributed by atoms with E-state index in [0.29, 0.717) is 5.89 Å². The molecule has 0 spiro atoms. The Labute approximate surface area is 271 Å². The first-order chi connectivity index (χ1) is 23.3. The SMILES string of the molecule is c1ccc(-c2nc3c(-c4ccc(N(c5ccccc5)c5ccc(-c6cccc7c6oc6ccccc67)cc5)cc4)cccc3o2)cc1. The molecule has 0 saturated carbocycles. The number of fused-ring (bicyclic) bond motifs is 4. The minimum atomic E-state index is 0.625. The zero-order chi connectivity index (χ0) is 31.2. The van der Waals surface area contributed by atoms with Crippen LogP contribution in [0.2, 0.25) is 0 Å². The number of aromatic nitrogens is 1. The Bertz CT molecular complexity index is 2500. The van der Waals surface area contributed by atoms with Crippen LogP contribution < -0.4 is 4.90 Å².